The lowest BCUT2D eigenvalue weighted by molar-refractivity contribution is -0.136. The van der Waals surface area contributed by atoms with Crippen LogP contribution in [0, 0.1) is 11.3 Å². The van der Waals surface area contributed by atoms with Crippen molar-refractivity contribution >= 4 is 41.6 Å². The molecule has 44 heavy (non-hydrogen) atoms. The molecule has 2 amide bonds. The standard InChI is InChI=1S/C31H41ClN8O4/c1-3-40-17-22(29(43)36-24-9-5-4-8-21(27(24)42)15-26(41)39-12-6-7-13-39)28(30-18-34-37-31(30,40)38-35-19-30)33-16-20-10-11-25(44-2)23(32)14-20/h10-11,14,18-19,21,24,33,37-38H,3-9,12-13,15-17H2,1-2H3,(H,36,43)/t21?,24-,30?,31?/m0/s1. The van der Waals surface area contributed by atoms with E-state index in [4.69, 9.17) is 16.3 Å². The summed E-state index contributed by atoms with van der Waals surface area (Å²) < 4.78 is 5.30. The van der Waals surface area contributed by atoms with Crippen LogP contribution in [0.3, 0.4) is 0 Å². The highest BCUT2D eigenvalue weighted by Gasteiger charge is 2.65. The second-order valence-electron chi connectivity index (χ2n) is 12.2. The average Bonchev–Trinajstić information content (AvgIpc) is 3.74. The van der Waals surface area contributed by atoms with E-state index in [-0.39, 0.29) is 29.9 Å². The number of amides is 2. The summed E-state index contributed by atoms with van der Waals surface area (Å²) >= 11 is 6.41. The second-order valence-corrected chi connectivity index (χ2v) is 12.6. The summed E-state index contributed by atoms with van der Waals surface area (Å²) in [6.07, 6.45) is 8.67. The molecule has 4 heterocycles. The third kappa shape index (κ3) is 5.21. The van der Waals surface area contributed by atoms with E-state index in [2.05, 4.69) is 36.6 Å². The quantitative estimate of drug-likeness (QED) is 0.306. The molecule has 12 nitrogen and oxygen atoms in total. The summed E-state index contributed by atoms with van der Waals surface area (Å²) in [7, 11) is 1.57. The summed E-state index contributed by atoms with van der Waals surface area (Å²) in [5, 5.41) is 16.0. The largest absolute Gasteiger partial charge is 0.495 e. The van der Waals surface area contributed by atoms with Crippen molar-refractivity contribution in [1.29, 1.82) is 0 Å². The molecule has 0 aromatic heterocycles. The van der Waals surface area contributed by atoms with Crippen LogP contribution in [0.4, 0.5) is 0 Å². The SMILES string of the molecule is CCN1CC(C(=O)N[C@H]2CCCCC(CC(=O)N3CCCC3)C2=O)=C(NCc2ccc(OC)c(Cl)c2)C23C=NNC12NN=C3. The highest BCUT2D eigenvalue weighted by molar-refractivity contribution is 6.32. The Morgan fingerprint density at radius 2 is 1.84 bits per heavy atom. The van der Waals surface area contributed by atoms with Crippen molar-refractivity contribution in [2.45, 2.75) is 70.2 Å². The van der Waals surface area contributed by atoms with Crippen LogP contribution in [0.25, 0.3) is 0 Å². The zero-order chi connectivity index (χ0) is 30.9. The maximum absolute atomic E-state index is 14.2. The van der Waals surface area contributed by atoms with Crippen LogP contribution in [0.2, 0.25) is 5.02 Å². The van der Waals surface area contributed by atoms with Gasteiger partial charge in [0.1, 0.15) is 11.2 Å². The fourth-order valence-corrected chi connectivity index (χ4v) is 7.52. The van der Waals surface area contributed by atoms with Crippen molar-refractivity contribution in [2.24, 2.45) is 21.5 Å². The van der Waals surface area contributed by atoms with E-state index in [1.54, 1.807) is 19.5 Å². The van der Waals surface area contributed by atoms with Gasteiger partial charge < -0.3 is 20.3 Å². The molecular weight excluding hydrogens is 584 g/mol. The van der Waals surface area contributed by atoms with Gasteiger partial charge in [-0.25, -0.2) is 0 Å². The minimum Gasteiger partial charge on any atom is -0.495 e. The minimum absolute atomic E-state index is 0.0444. The molecule has 1 saturated carbocycles. The van der Waals surface area contributed by atoms with E-state index in [1.165, 1.54) is 0 Å². The van der Waals surface area contributed by atoms with Gasteiger partial charge in [0.2, 0.25) is 11.7 Å². The minimum atomic E-state index is -0.900. The molecule has 0 radical (unpaired) electrons. The monoisotopic (exact) mass is 624 g/mol. The van der Waals surface area contributed by atoms with Gasteiger partial charge in [0.25, 0.3) is 5.91 Å². The molecule has 6 rings (SSSR count). The van der Waals surface area contributed by atoms with Crippen molar-refractivity contribution in [3.8, 4) is 5.75 Å². The van der Waals surface area contributed by atoms with E-state index >= 15 is 0 Å². The number of likely N-dealkylation sites (tertiary alicyclic amines) is 1. The second kappa shape index (κ2) is 12.4. The summed E-state index contributed by atoms with van der Waals surface area (Å²) in [6, 6.07) is 4.90. The van der Waals surface area contributed by atoms with Crippen LogP contribution in [0.5, 0.6) is 5.75 Å². The van der Waals surface area contributed by atoms with E-state index in [9.17, 15) is 14.4 Å². The molecule has 1 aliphatic carbocycles. The molecule has 1 aromatic carbocycles. The first-order valence-corrected chi connectivity index (χ1v) is 16.0. The zero-order valence-electron chi connectivity index (χ0n) is 25.3. The summed E-state index contributed by atoms with van der Waals surface area (Å²) in [4.78, 5) is 44.9. The number of hydrazone groups is 2. The van der Waals surface area contributed by atoms with Gasteiger partial charge in [-0.3, -0.25) is 30.1 Å². The smallest absolute Gasteiger partial charge is 0.250 e. The number of ether oxygens (including phenoxy) is 1. The lowest BCUT2D eigenvalue weighted by Crippen LogP contribution is -2.73. The van der Waals surface area contributed by atoms with Crippen LogP contribution < -0.4 is 26.2 Å². The number of Topliss-reactive ketones (excluding diaryl/α,β-unsaturated/α-hetero) is 1. The maximum atomic E-state index is 14.2. The van der Waals surface area contributed by atoms with Crippen molar-refractivity contribution < 1.29 is 19.1 Å². The first-order chi connectivity index (χ1) is 21.3. The van der Waals surface area contributed by atoms with Crippen LogP contribution in [-0.4, -0.2) is 84.9 Å². The molecule has 13 heteroatoms. The van der Waals surface area contributed by atoms with Crippen LogP contribution in [-0.2, 0) is 20.9 Å². The van der Waals surface area contributed by atoms with Gasteiger partial charge in [-0.1, -0.05) is 37.4 Å². The predicted octanol–water partition coefficient (Wildman–Crippen LogP) is 2.10. The number of halogens is 1. The van der Waals surface area contributed by atoms with Crippen LogP contribution in [0.15, 0.2) is 39.7 Å². The fourth-order valence-electron chi connectivity index (χ4n) is 7.24. The van der Waals surface area contributed by atoms with E-state index in [0.717, 1.165) is 44.3 Å². The number of carbonyl (C=O) groups is 3. The Bertz CT molecular complexity index is 1390. The topological polar surface area (TPSA) is 140 Å². The van der Waals surface area contributed by atoms with Gasteiger partial charge in [-0.2, -0.15) is 10.2 Å². The summed E-state index contributed by atoms with van der Waals surface area (Å²) in [6.45, 7) is 4.82. The van der Waals surface area contributed by atoms with E-state index in [0.29, 0.717) is 54.5 Å². The molecule has 2 atom stereocenters. The Morgan fingerprint density at radius 1 is 1.11 bits per heavy atom. The van der Waals surface area contributed by atoms with Gasteiger partial charge in [0.05, 0.1) is 23.7 Å². The Kier molecular flexibility index (Phi) is 8.56. The Labute approximate surface area is 262 Å². The molecule has 5 aliphatic rings. The number of carbonyl (C=O) groups excluding carboxylic acids is 3. The molecule has 4 aliphatic heterocycles. The number of benzene rings is 1. The molecule has 2 fully saturated rings. The van der Waals surface area contributed by atoms with E-state index in [1.807, 2.05) is 30.0 Å². The van der Waals surface area contributed by atoms with Gasteiger partial charge >= 0.3 is 0 Å². The van der Waals surface area contributed by atoms with Gasteiger partial charge in [-0.15, -0.1) is 0 Å². The fraction of sp³-hybridized carbons (Fsp3) is 0.581. The number of nitrogens with one attached hydrogen (secondary N) is 4. The van der Waals surface area contributed by atoms with E-state index < -0.39 is 17.2 Å². The van der Waals surface area contributed by atoms with Crippen molar-refractivity contribution in [3.63, 3.8) is 0 Å². The number of nitrogens with zero attached hydrogens (tertiary/aromatic N) is 4. The first-order valence-electron chi connectivity index (χ1n) is 15.6. The average molecular weight is 625 g/mol. The van der Waals surface area contributed by atoms with Gasteiger partial charge in [0.15, 0.2) is 5.78 Å². The molecule has 236 valence electrons. The van der Waals surface area contributed by atoms with Crippen molar-refractivity contribution in [2.75, 3.05) is 33.3 Å². The number of likely N-dealkylation sites (N-methyl/N-ethyl adjacent to an activating group) is 1. The number of rotatable bonds is 9. The van der Waals surface area contributed by atoms with Gasteiger partial charge in [-0.05, 0) is 49.9 Å². The normalized spacial score (nSPS) is 29.5. The highest BCUT2D eigenvalue weighted by Crippen LogP contribution is 2.46. The first kappa shape index (κ1) is 30.4. The molecule has 0 bridgehead atoms. The lowest BCUT2D eigenvalue weighted by Gasteiger charge is -2.49. The van der Waals surface area contributed by atoms with Crippen molar-refractivity contribution in [3.05, 3.63) is 40.1 Å². The Balaban J connectivity index is 1.28. The summed E-state index contributed by atoms with van der Waals surface area (Å²) in [5.74, 6) is -0.990. The third-order valence-electron chi connectivity index (χ3n) is 9.69. The number of ketones is 1. The van der Waals surface area contributed by atoms with Crippen LogP contribution >= 0.6 is 11.6 Å². The Hall–Kier alpha value is -3.64. The van der Waals surface area contributed by atoms with Gasteiger partial charge in [0, 0.05) is 56.6 Å². The number of methoxy groups -OCH3 is 1. The highest BCUT2D eigenvalue weighted by atomic mass is 35.5. The predicted molar refractivity (Wildman–Crippen MR) is 167 cm³/mol. The third-order valence-corrected chi connectivity index (χ3v) is 9.99. The lowest BCUT2D eigenvalue weighted by atomic mass is 9.74. The maximum Gasteiger partial charge on any atom is 0.250 e. The molecule has 0 spiro atoms. The summed E-state index contributed by atoms with van der Waals surface area (Å²) in [5.41, 5.74) is 7.57. The molecule has 1 unspecified atom stereocenters. The molecule has 1 saturated heterocycles. The van der Waals surface area contributed by atoms with Crippen molar-refractivity contribution in [1.82, 2.24) is 31.3 Å². The molecule has 4 N–H and O–H groups in total. The molecule has 1 aromatic rings. The van der Waals surface area contributed by atoms with Crippen LogP contribution in [0.1, 0.15) is 57.4 Å². The zero-order valence-corrected chi connectivity index (χ0v) is 26.1. The molecular formula is C31H41ClN8O4. The number of hydrogen-bond acceptors (Lipinski definition) is 10. The number of hydrogen-bond donors (Lipinski definition) is 4. The Morgan fingerprint density at radius 3 is 2.52 bits per heavy atom.